The van der Waals surface area contributed by atoms with Crippen molar-refractivity contribution in [3.63, 3.8) is 0 Å². The van der Waals surface area contributed by atoms with Gasteiger partial charge in [-0.15, -0.1) is 11.3 Å². The van der Waals surface area contributed by atoms with Crippen LogP contribution in [-0.4, -0.2) is 17.0 Å². The van der Waals surface area contributed by atoms with Gasteiger partial charge in [0.25, 0.3) is 0 Å². The molecule has 0 saturated carbocycles. The van der Waals surface area contributed by atoms with Gasteiger partial charge in [-0.3, -0.25) is 0 Å². The molecule has 0 aliphatic rings. The van der Waals surface area contributed by atoms with Crippen molar-refractivity contribution in [2.24, 2.45) is 0 Å². The summed E-state index contributed by atoms with van der Waals surface area (Å²) in [6.07, 6.45) is 1.60. The van der Waals surface area contributed by atoms with E-state index in [4.69, 9.17) is 0 Å². The maximum Gasteiger partial charge on any atom is 0.138 e. The Bertz CT molecular complexity index is 943. The van der Waals surface area contributed by atoms with Crippen molar-refractivity contribution in [1.29, 1.82) is 0 Å². The average Bonchev–Trinajstić information content (AvgIpc) is 3.07. The molecule has 1 N–H and O–H groups in total. The van der Waals surface area contributed by atoms with Gasteiger partial charge in [-0.25, -0.2) is 9.97 Å². The van der Waals surface area contributed by atoms with Gasteiger partial charge in [0.2, 0.25) is 0 Å². The summed E-state index contributed by atoms with van der Waals surface area (Å²) in [6.45, 7) is 0. The summed E-state index contributed by atoms with van der Waals surface area (Å²) < 4.78 is 0. The average molecular weight is 317 g/mol. The molecule has 4 rings (SSSR count). The number of anilines is 1. The number of fused-ring (bicyclic) bond motifs is 1. The quantitative estimate of drug-likeness (QED) is 0.573. The number of nitrogens with one attached hydrogen (secondary N) is 1. The zero-order valence-electron chi connectivity index (χ0n) is 12.7. The van der Waals surface area contributed by atoms with Crippen LogP contribution in [0.15, 0.2) is 66.3 Å². The molecule has 0 bridgehead atoms. The van der Waals surface area contributed by atoms with E-state index in [9.17, 15) is 0 Å². The third kappa shape index (κ3) is 2.47. The highest BCUT2D eigenvalue weighted by molar-refractivity contribution is 7.17. The van der Waals surface area contributed by atoms with Crippen LogP contribution in [0.25, 0.3) is 32.5 Å². The Kier molecular flexibility index (Phi) is 3.52. The molecule has 0 aliphatic heterocycles. The van der Waals surface area contributed by atoms with E-state index in [1.54, 1.807) is 17.7 Å². The number of benzene rings is 2. The second kappa shape index (κ2) is 5.82. The van der Waals surface area contributed by atoms with Crippen molar-refractivity contribution in [2.75, 3.05) is 12.4 Å². The third-order valence-corrected chi connectivity index (χ3v) is 4.80. The Morgan fingerprint density at radius 3 is 2.26 bits per heavy atom. The SMILES string of the molecule is CNc1ncnc2scc(-c3ccc(-c4ccccc4)cc3)c12. The van der Waals surface area contributed by atoms with Gasteiger partial charge in [0, 0.05) is 18.0 Å². The standard InChI is InChI=1S/C19H15N3S/c1-20-18-17-16(11-23-19(17)22-12-21-18)15-9-7-14(8-10-15)13-5-3-2-4-6-13/h2-12H,1H3,(H,20,21,22). The molecule has 0 atom stereocenters. The van der Waals surface area contributed by atoms with Crippen molar-refractivity contribution in [3.8, 4) is 22.3 Å². The molecule has 0 spiro atoms. The van der Waals surface area contributed by atoms with E-state index in [1.807, 2.05) is 13.1 Å². The van der Waals surface area contributed by atoms with Crippen LogP contribution in [0.5, 0.6) is 0 Å². The lowest BCUT2D eigenvalue weighted by atomic mass is 10.0. The van der Waals surface area contributed by atoms with Crippen molar-refractivity contribution in [1.82, 2.24) is 9.97 Å². The number of rotatable bonds is 3. The van der Waals surface area contributed by atoms with Gasteiger partial charge in [0.15, 0.2) is 0 Å². The lowest BCUT2D eigenvalue weighted by Crippen LogP contribution is -1.93. The molecule has 0 fully saturated rings. The zero-order chi connectivity index (χ0) is 15.6. The van der Waals surface area contributed by atoms with Crippen molar-refractivity contribution in [2.45, 2.75) is 0 Å². The maximum absolute atomic E-state index is 4.37. The fraction of sp³-hybridized carbons (Fsp3) is 0.0526. The first-order valence-electron chi connectivity index (χ1n) is 7.42. The van der Waals surface area contributed by atoms with Crippen molar-refractivity contribution < 1.29 is 0 Å². The molecule has 4 heteroatoms. The molecule has 0 radical (unpaired) electrons. The van der Waals surface area contributed by atoms with Crippen LogP contribution < -0.4 is 5.32 Å². The van der Waals surface area contributed by atoms with E-state index in [0.717, 1.165) is 16.0 Å². The summed E-state index contributed by atoms with van der Waals surface area (Å²) in [4.78, 5) is 9.71. The van der Waals surface area contributed by atoms with E-state index >= 15 is 0 Å². The highest BCUT2D eigenvalue weighted by atomic mass is 32.1. The molecular formula is C19H15N3S. The predicted octanol–water partition coefficient (Wildman–Crippen LogP) is 5.07. The molecule has 2 heterocycles. The van der Waals surface area contributed by atoms with Gasteiger partial charge >= 0.3 is 0 Å². The number of thiophene rings is 1. The van der Waals surface area contributed by atoms with Crippen molar-refractivity contribution >= 4 is 27.4 Å². The number of aromatic nitrogens is 2. The van der Waals surface area contributed by atoms with Crippen molar-refractivity contribution in [3.05, 3.63) is 66.3 Å². The molecule has 0 amide bonds. The number of hydrogen-bond donors (Lipinski definition) is 1. The smallest absolute Gasteiger partial charge is 0.138 e. The lowest BCUT2D eigenvalue weighted by molar-refractivity contribution is 1.22. The van der Waals surface area contributed by atoms with E-state index in [1.165, 1.54) is 22.3 Å². The molecule has 23 heavy (non-hydrogen) atoms. The normalized spacial score (nSPS) is 10.8. The fourth-order valence-corrected chi connectivity index (χ4v) is 3.67. The minimum absolute atomic E-state index is 0.874. The second-order valence-corrected chi connectivity index (χ2v) is 6.10. The second-order valence-electron chi connectivity index (χ2n) is 5.25. The first kappa shape index (κ1) is 13.9. The third-order valence-electron chi connectivity index (χ3n) is 3.91. The first-order valence-corrected chi connectivity index (χ1v) is 8.30. The molecule has 2 aromatic heterocycles. The lowest BCUT2D eigenvalue weighted by Gasteiger charge is -2.06. The van der Waals surface area contributed by atoms with Crippen LogP contribution in [0.1, 0.15) is 0 Å². The van der Waals surface area contributed by atoms with Gasteiger partial charge in [-0.05, 0) is 16.7 Å². The topological polar surface area (TPSA) is 37.8 Å². The number of nitrogens with zero attached hydrogens (tertiary/aromatic N) is 2. The monoisotopic (exact) mass is 317 g/mol. The summed E-state index contributed by atoms with van der Waals surface area (Å²) in [5, 5.41) is 6.40. The van der Waals surface area contributed by atoms with E-state index in [2.05, 4.69) is 69.2 Å². The molecule has 2 aromatic carbocycles. The van der Waals surface area contributed by atoms with Gasteiger partial charge in [-0.2, -0.15) is 0 Å². The van der Waals surface area contributed by atoms with E-state index < -0.39 is 0 Å². The van der Waals surface area contributed by atoms with Crippen LogP contribution in [0.2, 0.25) is 0 Å². The van der Waals surface area contributed by atoms with Crippen LogP contribution in [0.3, 0.4) is 0 Å². The van der Waals surface area contributed by atoms with Crippen LogP contribution in [0.4, 0.5) is 5.82 Å². The van der Waals surface area contributed by atoms with Gasteiger partial charge in [0.1, 0.15) is 17.0 Å². The molecule has 0 unspecified atom stereocenters. The highest BCUT2D eigenvalue weighted by Gasteiger charge is 2.12. The summed E-state index contributed by atoms with van der Waals surface area (Å²) >= 11 is 1.65. The Hall–Kier alpha value is -2.72. The zero-order valence-corrected chi connectivity index (χ0v) is 13.5. The molecule has 0 aliphatic carbocycles. The van der Waals surface area contributed by atoms with Gasteiger partial charge in [0.05, 0.1) is 5.39 Å². The minimum Gasteiger partial charge on any atom is -0.372 e. The Balaban J connectivity index is 1.80. The molecular weight excluding hydrogens is 302 g/mol. The van der Waals surface area contributed by atoms with Crippen LogP contribution >= 0.6 is 11.3 Å². The Labute approximate surface area is 138 Å². The first-order chi connectivity index (χ1) is 11.4. The summed E-state index contributed by atoms with van der Waals surface area (Å²) in [5.74, 6) is 0.874. The molecule has 0 saturated heterocycles. The maximum atomic E-state index is 4.37. The van der Waals surface area contributed by atoms with Gasteiger partial charge in [-0.1, -0.05) is 54.6 Å². The predicted molar refractivity (Wildman–Crippen MR) is 97.8 cm³/mol. The number of hydrogen-bond acceptors (Lipinski definition) is 4. The molecule has 112 valence electrons. The largest absolute Gasteiger partial charge is 0.372 e. The Morgan fingerprint density at radius 1 is 0.826 bits per heavy atom. The van der Waals surface area contributed by atoms with E-state index in [0.29, 0.717) is 0 Å². The fourth-order valence-electron chi connectivity index (χ4n) is 2.75. The molecule has 4 aromatic rings. The summed E-state index contributed by atoms with van der Waals surface area (Å²) in [5.41, 5.74) is 4.81. The molecule has 3 nitrogen and oxygen atoms in total. The van der Waals surface area contributed by atoms with Gasteiger partial charge < -0.3 is 5.32 Å². The van der Waals surface area contributed by atoms with Crippen LogP contribution in [-0.2, 0) is 0 Å². The summed E-state index contributed by atoms with van der Waals surface area (Å²) in [6, 6.07) is 19.1. The Morgan fingerprint density at radius 2 is 1.52 bits per heavy atom. The summed E-state index contributed by atoms with van der Waals surface area (Å²) in [7, 11) is 1.89. The van der Waals surface area contributed by atoms with E-state index in [-0.39, 0.29) is 0 Å². The minimum atomic E-state index is 0.874. The highest BCUT2D eigenvalue weighted by Crippen LogP contribution is 2.36. The van der Waals surface area contributed by atoms with Crippen LogP contribution in [0, 0.1) is 0 Å².